The van der Waals surface area contributed by atoms with E-state index in [2.05, 4.69) is 22.0 Å². The van der Waals surface area contributed by atoms with E-state index in [9.17, 15) is 9.59 Å². The van der Waals surface area contributed by atoms with Crippen molar-refractivity contribution in [3.05, 3.63) is 104 Å². The Morgan fingerprint density at radius 3 is 2.48 bits per heavy atom. The molecular weight excluding hydrogens is 402 g/mol. The van der Waals surface area contributed by atoms with Crippen LogP contribution in [0, 0.1) is 6.92 Å². The third-order valence-electron chi connectivity index (χ3n) is 4.72. The van der Waals surface area contributed by atoms with Crippen LogP contribution in [0.4, 0.5) is 0 Å². The molecule has 4 heteroatoms. The fourth-order valence-corrected chi connectivity index (χ4v) is 3.49. The van der Waals surface area contributed by atoms with Crippen LogP contribution in [0.15, 0.2) is 76.1 Å². The van der Waals surface area contributed by atoms with Gasteiger partial charge in [-0.2, -0.15) is 0 Å². The maximum absolute atomic E-state index is 13.4. The van der Waals surface area contributed by atoms with Crippen molar-refractivity contribution >= 4 is 21.7 Å². The summed E-state index contributed by atoms with van der Waals surface area (Å²) in [7, 11) is 0. The Balaban J connectivity index is 2.01. The lowest BCUT2D eigenvalue weighted by atomic mass is 9.85. The van der Waals surface area contributed by atoms with Gasteiger partial charge in [0, 0.05) is 28.8 Å². The summed E-state index contributed by atoms with van der Waals surface area (Å²) in [5, 5.41) is 0. The quantitative estimate of drug-likeness (QED) is 0.514. The van der Waals surface area contributed by atoms with E-state index < -0.39 is 0 Å². The molecule has 27 heavy (non-hydrogen) atoms. The van der Waals surface area contributed by atoms with Crippen LogP contribution in [0.1, 0.15) is 39.9 Å². The average Bonchev–Trinajstić information content (AvgIpc) is 2.67. The van der Waals surface area contributed by atoms with E-state index in [1.165, 1.54) is 6.07 Å². The molecule has 0 aliphatic heterocycles. The molecule has 0 N–H and O–H groups in total. The van der Waals surface area contributed by atoms with E-state index >= 15 is 0 Å². The Morgan fingerprint density at radius 2 is 1.81 bits per heavy atom. The Kier molecular flexibility index (Phi) is 6.07. The number of carbonyl (C=O) groups is 1. The second-order valence-corrected chi connectivity index (χ2v) is 7.62. The monoisotopic (exact) mass is 423 g/mol. The fourth-order valence-electron chi connectivity index (χ4n) is 3.23. The van der Waals surface area contributed by atoms with Crippen LogP contribution in [0.5, 0.6) is 0 Å². The van der Waals surface area contributed by atoms with Gasteiger partial charge in [-0.25, -0.2) is 0 Å². The van der Waals surface area contributed by atoms with Gasteiger partial charge in [0.05, 0.1) is 5.92 Å². The molecule has 2 aromatic carbocycles. The number of aromatic nitrogens is 1. The minimum atomic E-state index is -0.297. The number of Topliss-reactive ketones (excluding diaryl/α,β-unsaturated/α-hetero) is 1. The average molecular weight is 424 g/mol. The first-order valence-electron chi connectivity index (χ1n) is 9.03. The lowest BCUT2D eigenvalue weighted by molar-refractivity contribution is 0.0958. The molecule has 0 aliphatic rings. The molecule has 3 aromatic rings. The van der Waals surface area contributed by atoms with Crippen molar-refractivity contribution in [2.45, 2.75) is 32.7 Å². The molecule has 1 aromatic heterocycles. The highest BCUT2D eigenvalue weighted by molar-refractivity contribution is 9.10. The van der Waals surface area contributed by atoms with Gasteiger partial charge in [0.1, 0.15) is 0 Å². The zero-order valence-electron chi connectivity index (χ0n) is 15.5. The highest BCUT2D eigenvalue weighted by Gasteiger charge is 2.23. The second-order valence-electron chi connectivity index (χ2n) is 6.70. The van der Waals surface area contributed by atoms with E-state index in [1.807, 2.05) is 56.3 Å². The van der Waals surface area contributed by atoms with Gasteiger partial charge in [-0.1, -0.05) is 57.9 Å². The molecule has 0 spiro atoms. The van der Waals surface area contributed by atoms with Crippen molar-refractivity contribution in [1.82, 2.24) is 4.57 Å². The Bertz CT molecular complexity index is 1010. The summed E-state index contributed by atoms with van der Waals surface area (Å²) in [6.07, 6.45) is 2.29. The largest absolute Gasteiger partial charge is 0.315 e. The number of hydrogen-bond acceptors (Lipinski definition) is 2. The van der Waals surface area contributed by atoms with Gasteiger partial charge in [0.2, 0.25) is 0 Å². The third-order valence-corrected chi connectivity index (χ3v) is 5.25. The maximum Gasteiger partial charge on any atom is 0.250 e. The van der Waals surface area contributed by atoms with Crippen LogP contribution < -0.4 is 5.56 Å². The summed E-state index contributed by atoms with van der Waals surface area (Å²) < 4.78 is 2.58. The summed E-state index contributed by atoms with van der Waals surface area (Å²) >= 11 is 3.46. The number of nitrogens with zero attached hydrogens (tertiary/aromatic N) is 1. The Hall–Kier alpha value is -2.46. The van der Waals surface area contributed by atoms with Crippen molar-refractivity contribution in [2.24, 2.45) is 0 Å². The zero-order valence-corrected chi connectivity index (χ0v) is 17.1. The number of hydrogen-bond donors (Lipinski definition) is 0. The zero-order chi connectivity index (χ0) is 19.4. The normalized spacial score (nSPS) is 12.0. The van der Waals surface area contributed by atoms with Gasteiger partial charge in [0.25, 0.3) is 5.56 Å². The van der Waals surface area contributed by atoms with E-state index in [-0.39, 0.29) is 17.3 Å². The lowest BCUT2D eigenvalue weighted by Crippen LogP contribution is -2.22. The molecule has 0 radical (unpaired) electrons. The van der Waals surface area contributed by atoms with Crippen LogP contribution in [0.2, 0.25) is 0 Å². The predicted molar refractivity (Wildman–Crippen MR) is 112 cm³/mol. The van der Waals surface area contributed by atoms with Crippen molar-refractivity contribution in [3.63, 3.8) is 0 Å². The highest BCUT2D eigenvalue weighted by atomic mass is 79.9. The van der Waals surface area contributed by atoms with Crippen LogP contribution in [-0.4, -0.2) is 10.4 Å². The number of halogens is 1. The van der Waals surface area contributed by atoms with Crippen LogP contribution in [0.3, 0.4) is 0 Å². The minimum Gasteiger partial charge on any atom is -0.315 e. The molecular formula is C23H22BrNO2. The number of aryl methyl sites for hydroxylation is 2. The first-order chi connectivity index (χ1) is 13.0. The number of rotatable bonds is 6. The summed E-state index contributed by atoms with van der Waals surface area (Å²) in [6.45, 7) is 4.47. The SMILES string of the molecule is CCn1cc(C(=O)C(Cc2ccc(Br)cc2)c2cccc(C)c2)ccc1=O. The smallest absolute Gasteiger partial charge is 0.250 e. The van der Waals surface area contributed by atoms with Crippen LogP contribution in [0.25, 0.3) is 0 Å². The second kappa shape index (κ2) is 8.49. The number of carbonyl (C=O) groups excluding carboxylic acids is 1. The molecule has 0 saturated carbocycles. The molecule has 0 fully saturated rings. The summed E-state index contributed by atoms with van der Waals surface area (Å²) in [5.74, 6) is -0.264. The molecule has 138 valence electrons. The first kappa shape index (κ1) is 19.3. The summed E-state index contributed by atoms with van der Waals surface area (Å²) in [4.78, 5) is 25.3. The molecule has 1 unspecified atom stereocenters. The topological polar surface area (TPSA) is 39.1 Å². The van der Waals surface area contributed by atoms with E-state index in [4.69, 9.17) is 0 Å². The lowest BCUT2D eigenvalue weighted by Gasteiger charge is -2.18. The predicted octanol–water partition coefficient (Wildman–Crippen LogP) is 5.15. The summed E-state index contributed by atoms with van der Waals surface area (Å²) in [6, 6.07) is 19.3. The minimum absolute atomic E-state index is 0.0331. The molecule has 0 aliphatic carbocycles. The number of ketones is 1. The first-order valence-corrected chi connectivity index (χ1v) is 9.83. The van der Waals surface area contributed by atoms with Crippen LogP contribution >= 0.6 is 15.9 Å². The standard InChI is InChI=1S/C23H22BrNO2/c1-3-25-15-19(9-12-22(25)26)23(27)21(18-6-4-5-16(2)13-18)14-17-7-10-20(24)11-8-17/h4-13,15,21H,3,14H2,1-2H3. The molecule has 0 saturated heterocycles. The summed E-state index contributed by atoms with van der Waals surface area (Å²) in [5.41, 5.74) is 3.70. The van der Waals surface area contributed by atoms with Gasteiger partial charge >= 0.3 is 0 Å². The molecule has 0 amide bonds. The van der Waals surface area contributed by atoms with Crippen molar-refractivity contribution < 1.29 is 4.79 Å². The van der Waals surface area contributed by atoms with E-state index in [0.29, 0.717) is 18.5 Å². The maximum atomic E-state index is 13.4. The molecule has 3 rings (SSSR count). The van der Waals surface area contributed by atoms with Crippen molar-refractivity contribution in [3.8, 4) is 0 Å². The van der Waals surface area contributed by atoms with E-state index in [1.54, 1.807) is 16.8 Å². The van der Waals surface area contributed by atoms with Gasteiger partial charge in [0.15, 0.2) is 5.78 Å². The van der Waals surface area contributed by atoms with Crippen molar-refractivity contribution in [2.75, 3.05) is 0 Å². The van der Waals surface area contributed by atoms with E-state index in [0.717, 1.165) is 21.2 Å². The van der Waals surface area contributed by atoms with Gasteiger partial charge < -0.3 is 4.57 Å². The van der Waals surface area contributed by atoms with Gasteiger partial charge in [-0.05, 0) is 49.6 Å². The molecule has 3 nitrogen and oxygen atoms in total. The van der Waals surface area contributed by atoms with Gasteiger partial charge in [-0.15, -0.1) is 0 Å². The molecule has 1 atom stereocenters. The molecule has 0 bridgehead atoms. The fraction of sp³-hybridized carbons (Fsp3) is 0.217. The molecule has 1 heterocycles. The number of pyridine rings is 1. The highest BCUT2D eigenvalue weighted by Crippen LogP contribution is 2.26. The third kappa shape index (κ3) is 4.64. The Morgan fingerprint density at radius 1 is 1.07 bits per heavy atom. The van der Waals surface area contributed by atoms with Crippen molar-refractivity contribution in [1.29, 1.82) is 0 Å². The Labute approximate surface area is 167 Å². The number of benzene rings is 2. The van der Waals surface area contributed by atoms with Crippen LogP contribution in [-0.2, 0) is 13.0 Å². The van der Waals surface area contributed by atoms with Gasteiger partial charge in [-0.3, -0.25) is 9.59 Å².